The Balaban J connectivity index is 1.35. The lowest BCUT2D eigenvalue weighted by atomic mass is 10.0. The van der Waals surface area contributed by atoms with Crippen molar-refractivity contribution in [2.24, 2.45) is 0 Å². The fourth-order valence-corrected chi connectivity index (χ4v) is 4.69. The molecule has 2 amide bonds. The van der Waals surface area contributed by atoms with Gasteiger partial charge in [0.05, 0.1) is 25.2 Å². The average Bonchev–Trinajstić information content (AvgIpc) is 3.27. The Hall–Kier alpha value is -2.38. The molecule has 2 aliphatic heterocycles. The number of benzene rings is 1. The number of amides is 2. The number of hydrogen-bond acceptors (Lipinski definition) is 5. The van der Waals surface area contributed by atoms with Crippen LogP contribution in [0.1, 0.15) is 28.1 Å². The average molecular weight is 414 g/mol. The molecule has 1 aromatic carbocycles. The standard InChI is InChI=1S/C22H27N3O3S/c26-21(16-18-4-3-15-29-18)23-17-7-9-24(10-8-17)20-6-2-1-5-19(20)22(27)25-11-13-28-14-12-25/h1-6,15,17H,7-14,16H2,(H,23,26). The maximum absolute atomic E-state index is 13.0. The van der Waals surface area contributed by atoms with Gasteiger partial charge in [-0.1, -0.05) is 18.2 Å². The molecule has 2 aromatic rings. The third-order valence-electron chi connectivity index (χ3n) is 5.55. The maximum atomic E-state index is 13.0. The van der Waals surface area contributed by atoms with Crippen molar-refractivity contribution in [2.45, 2.75) is 25.3 Å². The number of nitrogens with zero attached hydrogens (tertiary/aromatic N) is 2. The number of morpholine rings is 1. The molecule has 0 radical (unpaired) electrons. The number of anilines is 1. The Morgan fingerprint density at radius 3 is 2.52 bits per heavy atom. The molecule has 2 saturated heterocycles. The van der Waals surface area contributed by atoms with Gasteiger partial charge in [-0.3, -0.25) is 9.59 Å². The first-order valence-corrected chi connectivity index (χ1v) is 11.1. The van der Waals surface area contributed by atoms with Crippen LogP contribution in [0.15, 0.2) is 41.8 Å². The van der Waals surface area contributed by atoms with Gasteiger partial charge in [-0.15, -0.1) is 11.3 Å². The molecular weight excluding hydrogens is 386 g/mol. The summed E-state index contributed by atoms with van der Waals surface area (Å²) in [6.07, 6.45) is 2.22. The van der Waals surface area contributed by atoms with Gasteiger partial charge in [0.15, 0.2) is 0 Å². The van der Waals surface area contributed by atoms with Gasteiger partial charge in [0.2, 0.25) is 5.91 Å². The van der Waals surface area contributed by atoms with Crippen LogP contribution in [0.3, 0.4) is 0 Å². The van der Waals surface area contributed by atoms with Gasteiger partial charge in [0, 0.05) is 42.8 Å². The largest absolute Gasteiger partial charge is 0.378 e. The zero-order valence-electron chi connectivity index (χ0n) is 16.5. The molecule has 29 heavy (non-hydrogen) atoms. The van der Waals surface area contributed by atoms with Crippen molar-refractivity contribution in [1.82, 2.24) is 10.2 Å². The second-order valence-electron chi connectivity index (χ2n) is 7.51. The number of nitrogens with one attached hydrogen (secondary N) is 1. The molecule has 0 atom stereocenters. The van der Waals surface area contributed by atoms with E-state index >= 15 is 0 Å². The summed E-state index contributed by atoms with van der Waals surface area (Å²) in [4.78, 5) is 30.5. The van der Waals surface area contributed by atoms with Crippen LogP contribution in [0, 0.1) is 0 Å². The fraction of sp³-hybridized carbons (Fsp3) is 0.455. The highest BCUT2D eigenvalue weighted by Gasteiger charge is 2.26. The SMILES string of the molecule is O=C(Cc1cccs1)NC1CCN(c2ccccc2C(=O)N2CCOCC2)CC1. The number of piperidine rings is 1. The van der Waals surface area contributed by atoms with E-state index in [4.69, 9.17) is 4.74 Å². The van der Waals surface area contributed by atoms with Crippen molar-refractivity contribution >= 4 is 28.8 Å². The van der Waals surface area contributed by atoms with Crippen molar-refractivity contribution in [3.05, 3.63) is 52.2 Å². The van der Waals surface area contributed by atoms with Crippen LogP contribution >= 0.6 is 11.3 Å². The first-order chi connectivity index (χ1) is 14.2. The first-order valence-electron chi connectivity index (χ1n) is 10.2. The summed E-state index contributed by atoms with van der Waals surface area (Å²) in [5.74, 6) is 0.170. The third kappa shape index (κ3) is 4.97. The second kappa shape index (κ2) is 9.41. The normalized spacial score (nSPS) is 17.9. The van der Waals surface area contributed by atoms with E-state index in [1.165, 1.54) is 0 Å². The van der Waals surface area contributed by atoms with E-state index in [1.807, 2.05) is 46.7 Å². The lowest BCUT2D eigenvalue weighted by Gasteiger charge is -2.35. The fourth-order valence-electron chi connectivity index (χ4n) is 3.98. The molecule has 4 rings (SSSR count). The van der Waals surface area contributed by atoms with Gasteiger partial charge in [0.1, 0.15) is 0 Å². The lowest BCUT2D eigenvalue weighted by Crippen LogP contribution is -2.46. The molecule has 1 aromatic heterocycles. The summed E-state index contributed by atoms with van der Waals surface area (Å²) in [7, 11) is 0. The number of carbonyl (C=O) groups is 2. The van der Waals surface area contributed by atoms with Gasteiger partial charge >= 0.3 is 0 Å². The van der Waals surface area contributed by atoms with Crippen LogP contribution < -0.4 is 10.2 Å². The van der Waals surface area contributed by atoms with Gasteiger partial charge in [0.25, 0.3) is 5.91 Å². The van der Waals surface area contributed by atoms with Gasteiger partial charge < -0.3 is 19.9 Å². The molecule has 3 heterocycles. The molecular formula is C22H27N3O3S. The van der Waals surface area contributed by atoms with Gasteiger partial charge in [-0.25, -0.2) is 0 Å². The van der Waals surface area contributed by atoms with E-state index < -0.39 is 0 Å². The molecule has 1 N–H and O–H groups in total. The number of carbonyl (C=O) groups excluding carboxylic acids is 2. The molecule has 7 heteroatoms. The highest BCUT2D eigenvalue weighted by Crippen LogP contribution is 2.26. The van der Waals surface area contributed by atoms with Gasteiger partial charge in [-0.2, -0.15) is 0 Å². The highest BCUT2D eigenvalue weighted by molar-refractivity contribution is 7.10. The zero-order chi connectivity index (χ0) is 20.1. The zero-order valence-corrected chi connectivity index (χ0v) is 17.3. The van der Waals surface area contributed by atoms with Crippen LogP contribution in [-0.4, -0.2) is 62.1 Å². The highest BCUT2D eigenvalue weighted by atomic mass is 32.1. The summed E-state index contributed by atoms with van der Waals surface area (Å²) >= 11 is 1.61. The van der Waals surface area contributed by atoms with Gasteiger partial charge in [-0.05, 0) is 36.4 Å². The minimum atomic E-state index is 0.0790. The predicted octanol–water partition coefficient (Wildman–Crippen LogP) is 2.55. The lowest BCUT2D eigenvalue weighted by molar-refractivity contribution is -0.121. The molecule has 154 valence electrons. The molecule has 0 bridgehead atoms. The number of thiophene rings is 1. The first kappa shape index (κ1) is 19.9. The Morgan fingerprint density at radius 1 is 1.03 bits per heavy atom. The van der Waals surface area contributed by atoms with Crippen LogP contribution in [-0.2, 0) is 16.0 Å². The van der Waals surface area contributed by atoms with E-state index in [2.05, 4.69) is 10.2 Å². The van der Waals surface area contributed by atoms with Crippen molar-refractivity contribution in [1.29, 1.82) is 0 Å². The van der Waals surface area contributed by atoms with E-state index in [1.54, 1.807) is 11.3 Å². The van der Waals surface area contributed by atoms with Crippen molar-refractivity contribution in [3.8, 4) is 0 Å². The maximum Gasteiger partial charge on any atom is 0.256 e. The topological polar surface area (TPSA) is 61.9 Å². The number of hydrogen-bond donors (Lipinski definition) is 1. The summed E-state index contributed by atoms with van der Waals surface area (Å²) < 4.78 is 5.37. The summed E-state index contributed by atoms with van der Waals surface area (Å²) in [6, 6.07) is 12.0. The Labute approximate surface area is 175 Å². The molecule has 0 aliphatic carbocycles. The van der Waals surface area contributed by atoms with E-state index in [0.717, 1.165) is 42.1 Å². The van der Waals surface area contributed by atoms with Crippen LogP contribution in [0.25, 0.3) is 0 Å². The molecule has 6 nitrogen and oxygen atoms in total. The summed E-state index contributed by atoms with van der Waals surface area (Å²) in [6.45, 7) is 4.15. The number of ether oxygens (including phenoxy) is 1. The van der Waals surface area contributed by atoms with E-state index in [9.17, 15) is 9.59 Å². The number of rotatable bonds is 5. The Kier molecular flexibility index (Phi) is 6.46. The second-order valence-corrected chi connectivity index (χ2v) is 8.54. The smallest absolute Gasteiger partial charge is 0.256 e. The quantitative estimate of drug-likeness (QED) is 0.818. The molecule has 0 saturated carbocycles. The molecule has 0 unspecified atom stereocenters. The monoisotopic (exact) mass is 413 g/mol. The minimum Gasteiger partial charge on any atom is -0.378 e. The van der Waals surface area contributed by atoms with Crippen LogP contribution in [0.2, 0.25) is 0 Å². The molecule has 2 aliphatic rings. The summed E-state index contributed by atoms with van der Waals surface area (Å²) in [5, 5.41) is 5.17. The summed E-state index contributed by atoms with van der Waals surface area (Å²) in [5.41, 5.74) is 1.75. The van der Waals surface area contributed by atoms with Crippen LogP contribution in [0.4, 0.5) is 5.69 Å². The van der Waals surface area contributed by atoms with E-state index in [0.29, 0.717) is 32.7 Å². The van der Waals surface area contributed by atoms with Crippen molar-refractivity contribution in [3.63, 3.8) is 0 Å². The Bertz CT molecular complexity index is 826. The van der Waals surface area contributed by atoms with Crippen molar-refractivity contribution in [2.75, 3.05) is 44.3 Å². The number of para-hydroxylation sites is 1. The molecule has 0 spiro atoms. The minimum absolute atomic E-state index is 0.0790. The molecule has 2 fully saturated rings. The Morgan fingerprint density at radius 2 is 1.79 bits per heavy atom. The predicted molar refractivity (Wildman–Crippen MR) is 115 cm³/mol. The van der Waals surface area contributed by atoms with Crippen LogP contribution in [0.5, 0.6) is 0 Å². The van der Waals surface area contributed by atoms with E-state index in [-0.39, 0.29) is 17.9 Å². The third-order valence-corrected chi connectivity index (χ3v) is 6.42. The van der Waals surface area contributed by atoms with Crippen molar-refractivity contribution < 1.29 is 14.3 Å².